The fourth-order valence-corrected chi connectivity index (χ4v) is 2.40. The molecular weight excluding hydrogens is 256 g/mol. The standard InChI is InChI=1S/C15H18N2O3/c1-3-17(10(2)8-14(19)20)15-13-9-12(18)5-4-11(13)6-7-16-15/h4-7,9-10,18H,3,8H2,1-2H3,(H,19,20). The highest BCUT2D eigenvalue weighted by atomic mass is 16.4. The molecule has 0 saturated heterocycles. The second kappa shape index (κ2) is 5.77. The number of phenolic OH excluding ortho intramolecular Hbond substituents is 1. The van der Waals surface area contributed by atoms with Crippen molar-refractivity contribution in [3.8, 4) is 5.75 Å². The van der Waals surface area contributed by atoms with Crippen molar-refractivity contribution < 1.29 is 15.0 Å². The molecule has 2 rings (SSSR count). The van der Waals surface area contributed by atoms with Crippen molar-refractivity contribution in [2.24, 2.45) is 0 Å². The number of hydrogen-bond donors (Lipinski definition) is 2. The van der Waals surface area contributed by atoms with Gasteiger partial charge >= 0.3 is 5.97 Å². The van der Waals surface area contributed by atoms with Crippen LogP contribution < -0.4 is 4.90 Å². The minimum Gasteiger partial charge on any atom is -0.508 e. The molecule has 0 radical (unpaired) electrons. The molecule has 0 amide bonds. The van der Waals surface area contributed by atoms with Crippen molar-refractivity contribution in [2.75, 3.05) is 11.4 Å². The summed E-state index contributed by atoms with van der Waals surface area (Å²) in [5, 5.41) is 20.4. The Hall–Kier alpha value is -2.30. The number of rotatable bonds is 5. The SMILES string of the molecule is CCN(c1nccc2ccc(O)cc12)C(C)CC(=O)O. The maximum absolute atomic E-state index is 10.9. The van der Waals surface area contributed by atoms with Crippen molar-refractivity contribution in [1.82, 2.24) is 4.98 Å². The molecule has 1 aromatic carbocycles. The van der Waals surface area contributed by atoms with Gasteiger partial charge in [-0.2, -0.15) is 0 Å². The molecule has 5 nitrogen and oxygen atoms in total. The average Bonchev–Trinajstić information content (AvgIpc) is 2.39. The van der Waals surface area contributed by atoms with Gasteiger partial charge in [-0.3, -0.25) is 4.79 Å². The summed E-state index contributed by atoms with van der Waals surface area (Å²) in [7, 11) is 0. The molecule has 0 aliphatic heterocycles. The summed E-state index contributed by atoms with van der Waals surface area (Å²) in [4.78, 5) is 17.2. The van der Waals surface area contributed by atoms with E-state index in [0.29, 0.717) is 12.4 Å². The Morgan fingerprint density at radius 2 is 2.15 bits per heavy atom. The van der Waals surface area contributed by atoms with Gasteiger partial charge in [-0.15, -0.1) is 0 Å². The van der Waals surface area contributed by atoms with Crippen LogP contribution >= 0.6 is 0 Å². The molecule has 2 aromatic rings. The molecule has 1 aromatic heterocycles. The number of carbonyl (C=O) groups is 1. The third-order valence-corrected chi connectivity index (χ3v) is 3.34. The smallest absolute Gasteiger partial charge is 0.305 e. The number of phenols is 1. The van der Waals surface area contributed by atoms with Crippen LogP contribution in [0, 0.1) is 0 Å². The van der Waals surface area contributed by atoms with Gasteiger partial charge in [0.05, 0.1) is 6.42 Å². The predicted molar refractivity (Wildman–Crippen MR) is 78.1 cm³/mol. The molecule has 0 spiro atoms. The van der Waals surface area contributed by atoms with Crippen molar-refractivity contribution >= 4 is 22.6 Å². The van der Waals surface area contributed by atoms with Gasteiger partial charge in [0.2, 0.25) is 0 Å². The van der Waals surface area contributed by atoms with E-state index in [4.69, 9.17) is 5.11 Å². The Morgan fingerprint density at radius 1 is 1.40 bits per heavy atom. The molecule has 0 saturated carbocycles. The van der Waals surface area contributed by atoms with Crippen LogP contribution in [0.1, 0.15) is 20.3 Å². The Balaban J connectivity index is 2.48. The first-order valence-electron chi connectivity index (χ1n) is 6.59. The Bertz CT molecular complexity index is 628. The monoisotopic (exact) mass is 274 g/mol. The Morgan fingerprint density at radius 3 is 2.80 bits per heavy atom. The van der Waals surface area contributed by atoms with Crippen molar-refractivity contribution in [1.29, 1.82) is 0 Å². The van der Waals surface area contributed by atoms with Crippen LogP contribution in [0.4, 0.5) is 5.82 Å². The van der Waals surface area contributed by atoms with Crippen LogP contribution in [0.15, 0.2) is 30.5 Å². The predicted octanol–water partition coefficient (Wildman–Crippen LogP) is 2.63. The maximum Gasteiger partial charge on any atom is 0.305 e. The minimum absolute atomic E-state index is 0.0464. The van der Waals surface area contributed by atoms with E-state index in [0.717, 1.165) is 10.8 Å². The number of aromatic nitrogens is 1. The lowest BCUT2D eigenvalue weighted by molar-refractivity contribution is -0.137. The zero-order chi connectivity index (χ0) is 14.7. The number of aromatic hydroxyl groups is 1. The fraction of sp³-hybridized carbons (Fsp3) is 0.333. The average molecular weight is 274 g/mol. The minimum atomic E-state index is -0.834. The van der Waals surface area contributed by atoms with Gasteiger partial charge in [-0.05, 0) is 37.4 Å². The molecule has 0 aliphatic rings. The first-order chi connectivity index (χ1) is 9.52. The molecule has 2 N–H and O–H groups in total. The molecule has 5 heteroatoms. The lowest BCUT2D eigenvalue weighted by Crippen LogP contribution is -2.35. The van der Waals surface area contributed by atoms with E-state index in [-0.39, 0.29) is 18.2 Å². The van der Waals surface area contributed by atoms with E-state index >= 15 is 0 Å². The van der Waals surface area contributed by atoms with E-state index in [1.807, 2.05) is 30.9 Å². The lowest BCUT2D eigenvalue weighted by Gasteiger charge is -2.29. The normalized spacial score (nSPS) is 12.3. The number of benzene rings is 1. The van der Waals surface area contributed by atoms with Crippen molar-refractivity contribution in [2.45, 2.75) is 26.3 Å². The number of nitrogens with zero attached hydrogens (tertiary/aromatic N) is 2. The second-order valence-corrected chi connectivity index (χ2v) is 4.77. The third kappa shape index (κ3) is 2.82. The molecule has 0 fully saturated rings. The highest BCUT2D eigenvalue weighted by Gasteiger charge is 2.19. The number of aliphatic carboxylic acids is 1. The molecule has 1 heterocycles. The molecule has 0 aliphatic carbocycles. The molecule has 20 heavy (non-hydrogen) atoms. The fourth-order valence-electron chi connectivity index (χ4n) is 2.40. The van der Waals surface area contributed by atoms with Gasteiger partial charge in [0.1, 0.15) is 11.6 Å². The molecule has 1 atom stereocenters. The van der Waals surface area contributed by atoms with E-state index < -0.39 is 5.97 Å². The summed E-state index contributed by atoms with van der Waals surface area (Å²) < 4.78 is 0. The number of hydrogen-bond acceptors (Lipinski definition) is 4. The van der Waals surface area contributed by atoms with Gasteiger partial charge in [0, 0.05) is 24.2 Å². The summed E-state index contributed by atoms with van der Waals surface area (Å²) in [6, 6.07) is 6.81. The highest BCUT2D eigenvalue weighted by molar-refractivity contribution is 5.93. The molecule has 1 unspecified atom stereocenters. The zero-order valence-corrected chi connectivity index (χ0v) is 11.6. The van der Waals surface area contributed by atoms with Crippen LogP contribution in [0.3, 0.4) is 0 Å². The summed E-state index contributed by atoms with van der Waals surface area (Å²) in [5.74, 6) is 0.0439. The van der Waals surface area contributed by atoms with Crippen molar-refractivity contribution in [3.05, 3.63) is 30.5 Å². The van der Waals surface area contributed by atoms with E-state index in [1.54, 1.807) is 18.3 Å². The van der Waals surface area contributed by atoms with Crippen LogP contribution in [-0.2, 0) is 4.79 Å². The first kappa shape index (κ1) is 14.1. The van der Waals surface area contributed by atoms with Gasteiger partial charge in [0.15, 0.2) is 0 Å². The van der Waals surface area contributed by atoms with Crippen molar-refractivity contribution in [3.63, 3.8) is 0 Å². The number of anilines is 1. The lowest BCUT2D eigenvalue weighted by atomic mass is 10.1. The van der Waals surface area contributed by atoms with Gasteiger partial charge in [-0.25, -0.2) is 4.98 Å². The van der Waals surface area contributed by atoms with E-state index in [2.05, 4.69) is 4.98 Å². The number of fused-ring (bicyclic) bond motifs is 1. The number of pyridine rings is 1. The Kier molecular flexibility index (Phi) is 4.08. The van der Waals surface area contributed by atoms with Crippen LogP contribution in [0.25, 0.3) is 10.8 Å². The maximum atomic E-state index is 10.9. The quantitative estimate of drug-likeness (QED) is 0.876. The number of carboxylic acids is 1. The van der Waals surface area contributed by atoms with E-state index in [1.165, 1.54) is 0 Å². The summed E-state index contributed by atoms with van der Waals surface area (Å²) in [6.45, 7) is 4.47. The second-order valence-electron chi connectivity index (χ2n) is 4.77. The number of carboxylic acid groups (broad SMARTS) is 1. The molecular formula is C15H18N2O3. The molecule has 106 valence electrons. The zero-order valence-electron chi connectivity index (χ0n) is 11.6. The topological polar surface area (TPSA) is 73.7 Å². The van der Waals surface area contributed by atoms with E-state index in [9.17, 15) is 9.90 Å². The van der Waals surface area contributed by atoms with Crippen LogP contribution in [0.5, 0.6) is 5.75 Å². The largest absolute Gasteiger partial charge is 0.508 e. The van der Waals surface area contributed by atoms with Crippen LogP contribution in [0.2, 0.25) is 0 Å². The highest BCUT2D eigenvalue weighted by Crippen LogP contribution is 2.29. The van der Waals surface area contributed by atoms with Gasteiger partial charge < -0.3 is 15.1 Å². The van der Waals surface area contributed by atoms with Crippen LogP contribution in [-0.4, -0.2) is 33.8 Å². The van der Waals surface area contributed by atoms with Gasteiger partial charge in [-0.1, -0.05) is 6.07 Å². The summed E-state index contributed by atoms with van der Waals surface area (Å²) >= 11 is 0. The summed E-state index contributed by atoms with van der Waals surface area (Å²) in [6.07, 6.45) is 1.75. The summed E-state index contributed by atoms with van der Waals surface area (Å²) in [5.41, 5.74) is 0. The first-order valence-corrected chi connectivity index (χ1v) is 6.59. The Labute approximate surface area is 117 Å². The third-order valence-electron chi connectivity index (χ3n) is 3.34. The molecule has 0 bridgehead atoms. The van der Waals surface area contributed by atoms with Gasteiger partial charge in [0.25, 0.3) is 0 Å².